The molecule has 2 rings (SSSR count). The molecule has 0 aromatic heterocycles. The lowest BCUT2D eigenvalue weighted by atomic mass is 10.1. The maximum atomic E-state index is 13.1. The van der Waals surface area contributed by atoms with E-state index in [1.54, 1.807) is 0 Å². The van der Waals surface area contributed by atoms with Crippen LogP contribution in [0.3, 0.4) is 0 Å². The number of rotatable bonds is 4. The summed E-state index contributed by atoms with van der Waals surface area (Å²) in [5, 5.41) is 3.06. The van der Waals surface area contributed by atoms with Gasteiger partial charge in [-0.1, -0.05) is 6.07 Å². The van der Waals surface area contributed by atoms with Gasteiger partial charge in [0.05, 0.1) is 5.56 Å². The predicted octanol–water partition coefficient (Wildman–Crippen LogP) is 3.45. The minimum absolute atomic E-state index is 0. The molecule has 0 saturated carbocycles. The van der Waals surface area contributed by atoms with E-state index in [-0.39, 0.29) is 30.6 Å². The summed E-state index contributed by atoms with van der Waals surface area (Å²) in [5.41, 5.74) is -0.727. The van der Waals surface area contributed by atoms with Crippen LogP contribution in [0.4, 0.5) is 17.6 Å². The Kier molecular flexibility index (Phi) is 6.43. The van der Waals surface area contributed by atoms with E-state index in [2.05, 4.69) is 5.32 Å². The van der Waals surface area contributed by atoms with E-state index < -0.39 is 17.6 Å². The van der Waals surface area contributed by atoms with Gasteiger partial charge in [-0.25, -0.2) is 4.39 Å². The number of likely N-dealkylation sites (N-methyl/N-ethyl adjacent to an activating group) is 1. The Balaban J connectivity index is 0.00000220. The zero-order chi connectivity index (χ0) is 14.8. The molecule has 1 saturated heterocycles. The standard InChI is InChI=1S/C14H18F4N2.ClH/c1-19-8-12-3-2-6-20(12)9-10-4-5-11(15)7-13(10)14(16,17)18;/h4-5,7,12,19H,2-3,6,8-9H2,1H3;1H. The van der Waals surface area contributed by atoms with Gasteiger partial charge in [-0.2, -0.15) is 13.2 Å². The number of alkyl halides is 3. The molecule has 1 aromatic carbocycles. The second kappa shape index (κ2) is 7.42. The van der Waals surface area contributed by atoms with Crippen molar-refractivity contribution in [2.75, 3.05) is 20.1 Å². The van der Waals surface area contributed by atoms with E-state index in [9.17, 15) is 17.6 Å². The first-order valence-corrected chi connectivity index (χ1v) is 6.66. The number of halogens is 5. The van der Waals surface area contributed by atoms with Crippen LogP contribution in [0.5, 0.6) is 0 Å². The number of hydrogen-bond donors (Lipinski definition) is 1. The first kappa shape index (κ1) is 18.2. The molecule has 2 nitrogen and oxygen atoms in total. The largest absolute Gasteiger partial charge is 0.416 e. The molecule has 120 valence electrons. The monoisotopic (exact) mass is 326 g/mol. The minimum Gasteiger partial charge on any atom is -0.318 e. The smallest absolute Gasteiger partial charge is 0.318 e. The Bertz CT molecular complexity index is 465. The molecule has 1 aliphatic rings. The zero-order valence-electron chi connectivity index (χ0n) is 11.7. The lowest BCUT2D eigenvalue weighted by Gasteiger charge is -2.25. The van der Waals surface area contributed by atoms with Crippen molar-refractivity contribution in [1.82, 2.24) is 10.2 Å². The fraction of sp³-hybridized carbons (Fsp3) is 0.571. The average Bonchev–Trinajstić information content (AvgIpc) is 2.78. The van der Waals surface area contributed by atoms with Crippen molar-refractivity contribution < 1.29 is 17.6 Å². The normalized spacial score (nSPS) is 19.6. The van der Waals surface area contributed by atoms with Crippen LogP contribution < -0.4 is 5.32 Å². The van der Waals surface area contributed by atoms with Gasteiger partial charge in [-0.15, -0.1) is 12.4 Å². The number of likely N-dealkylation sites (tertiary alicyclic amines) is 1. The molecule has 1 fully saturated rings. The summed E-state index contributed by atoms with van der Waals surface area (Å²) in [6, 6.07) is 3.16. The van der Waals surface area contributed by atoms with Gasteiger partial charge in [0.25, 0.3) is 0 Å². The molecule has 1 unspecified atom stereocenters. The van der Waals surface area contributed by atoms with Crippen LogP contribution >= 0.6 is 12.4 Å². The van der Waals surface area contributed by atoms with Gasteiger partial charge in [0.1, 0.15) is 5.82 Å². The van der Waals surface area contributed by atoms with Crippen molar-refractivity contribution in [3.8, 4) is 0 Å². The Hall–Kier alpha value is -0.850. The summed E-state index contributed by atoms with van der Waals surface area (Å²) in [7, 11) is 1.83. The van der Waals surface area contributed by atoms with Crippen LogP contribution in [0.15, 0.2) is 18.2 Å². The quantitative estimate of drug-likeness (QED) is 0.853. The van der Waals surface area contributed by atoms with Crippen LogP contribution in [0.25, 0.3) is 0 Å². The summed E-state index contributed by atoms with van der Waals surface area (Å²) in [6.45, 7) is 1.74. The SMILES string of the molecule is CNCC1CCCN1Cc1ccc(F)cc1C(F)(F)F.Cl. The van der Waals surface area contributed by atoms with E-state index in [0.717, 1.165) is 32.0 Å². The van der Waals surface area contributed by atoms with Gasteiger partial charge in [0.15, 0.2) is 0 Å². The van der Waals surface area contributed by atoms with E-state index in [1.807, 2.05) is 11.9 Å². The summed E-state index contributed by atoms with van der Waals surface area (Å²) < 4.78 is 51.9. The summed E-state index contributed by atoms with van der Waals surface area (Å²) in [6.07, 6.45) is -2.56. The number of benzene rings is 1. The minimum atomic E-state index is -4.52. The maximum Gasteiger partial charge on any atom is 0.416 e. The Morgan fingerprint density at radius 1 is 1.33 bits per heavy atom. The fourth-order valence-corrected chi connectivity index (χ4v) is 2.74. The number of nitrogens with one attached hydrogen (secondary N) is 1. The molecule has 1 aliphatic heterocycles. The molecule has 1 heterocycles. The second-order valence-corrected chi connectivity index (χ2v) is 5.12. The second-order valence-electron chi connectivity index (χ2n) is 5.12. The van der Waals surface area contributed by atoms with E-state index in [1.165, 1.54) is 6.07 Å². The van der Waals surface area contributed by atoms with Crippen molar-refractivity contribution in [2.24, 2.45) is 0 Å². The third kappa shape index (κ3) is 4.56. The maximum absolute atomic E-state index is 13.1. The van der Waals surface area contributed by atoms with Gasteiger partial charge in [0, 0.05) is 19.1 Å². The van der Waals surface area contributed by atoms with Gasteiger partial charge >= 0.3 is 6.18 Å². The van der Waals surface area contributed by atoms with Crippen molar-refractivity contribution >= 4 is 12.4 Å². The Morgan fingerprint density at radius 3 is 2.67 bits per heavy atom. The first-order chi connectivity index (χ1) is 9.41. The Labute approximate surface area is 127 Å². The van der Waals surface area contributed by atoms with Crippen LogP contribution in [0.2, 0.25) is 0 Å². The summed E-state index contributed by atoms with van der Waals surface area (Å²) in [4.78, 5) is 2.03. The third-order valence-electron chi connectivity index (χ3n) is 3.69. The highest BCUT2D eigenvalue weighted by atomic mass is 35.5. The molecular weight excluding hydrogens is 308 g/mol. The van der Waals surface area contributed by atoms with Crippen LogP contribution in [0.1, 0.15) is 24.0 Å². The average molecular weight is 327 g/mol. The van der Waals surface area contributed by atoms with Gasteiger partial charge < -0.3 is 5.32 Å². The highest BCUT2D eigenvalue weighted by Crippen LogP contribution is 2.34. The molecule has 1 atom stereocenters. The third-order valence-corrected chi connectivity index (χ3v) is 3.69. The van der Waals surface area contributed by atoms with Crippen molar-refractivity contribution in [3.63, 3.8) is 0 Å². The fourth-order valence-electron chi connectivity index (χ4n) is 2.74. The van der Waals surface area contributed by atoms with Gasteiger partial charge in [-0.05, 0) is 44.1 Å². The highest BCUT2D eigenvalue weighted by Gasteiger charge is 2.35. The molecule has 0 radical (unpaired) electrons. The summed E-state index contributed by atoms with van der Waals surface area (Å²) in [5.74, 6) is -0.853. The Morgan fingerprint density at radius 2 is 2.05 bits per heavy atom. The van der Waals surface area contributed by atoms with Gasteiger partial charge in [0.2, 0.25) is 0 Å². The molecule has 0 amide bonds. The molecule has 1 N–H and O–H groups in total. The van der Waals surface area contributed by atoms with Crippen molar-refractivity contribution in [3.05, 3.63) is 35.1 Å². The van der Waals surface area contributed by atoms with Crippen LogP contribution in [-0.2, 0) is 12.7 Å². The topological polar surface area (TPSA) is 15.3 Å². The molecular formula is C14H19ClF4N2. The lowest BCUT2D eigenvalue weighted by molar-refractivity contribution is -0.138. The molecule has 7 heteroatoms. The predicted molar refractivity (Wildman–Crippen MR) is 76.0 cm³/mol. The van der Waals surface area contributed by atoms with Gasteiger partial charge in [-0.3, -0.25) is 4.90 Å². The van der Waals surface area contributed by atoms with Crippen LogP contribution in [0, 0.1) is 5.82 Å². The lowest BCUT2D eigenvalue weighted by Crippen LogP contribution is -2.36. The molecule has 1 aromatic rings. The van der Waals surface area contributed by atoms with Crippen molar-refractivity contribution in [1.29, 1.82) is 0 Å². The number of nitrogens with zero attached hydrogens (tertiary/aromatic N) is 1. The first-order valence-electron chi connectivity index (χ1n) is 6.66. The summed E-state index contributed by atoms with van der Waals surface area (Å²) >= 11 is 0. The van der Waals surface area contributed by atoms with E-state index in [4.69, 9.17) is 0 Å². The van der Waals surface area contributed by atoms with E-state index >= 15 is 0 Å². The zero-order valence-corrected chi connectivity index (χ0v) is 12.5. The van der Waals surface area contributed by atoms with Crippen LogP contribution in [-0.4, -0.2) is 31.1 Å². The van der Waals surface area contributed by atoms with E-state index in [0.29, 0.717) is 6.07 Å². The molecule has 0 spiro atoms. The number of hydrogen-bond acceptors (Lipinski definition) is 2. The molecule has 0 aliphatic carbocycles. The van der Waals surface area contributed by atoms with Crippen molar-refractivity contribution in [2.45, 2.75) is 31.6 Å². The highest BCUT2D eigenvalue weighted by molar-refractivity contribution is 5.85. The molecule has 21 heavy (non-hydrogen) atoms. The molecule has 0 bridgehead atoms.